The maximum Gasteiger partial charge on any atom is 0.265 e. The van der Waals surface area contributed by atoms with Crippen LogP contribution in [0, 0.1) is 0 Å². The summed E-state index contributed by atoms with van der Waals surface area (Å²) >= 11 is 1.31. The van der Waals surface area contributed by atoms with Crippen molar-refractivity contribution in [2.45, 2.75) is 0 Å². The summed E-state index contributed by atoms with van der Waals surface area (Å²) in [5, 5.41) is 4.93. The number of nitrogens with two attached hydrogens (primary N) is 1. The van der Waals surface area contributed by atoms with Crippen molar-refractivity contribution in [1.29, 1.82) is 0 Å². The van der Waals surface area contributed by atoms with E-state index in [-0.39, 0.29) is 25.0 Å². The third kappa shape index (κ3) is 3.15. The van der Waals surface area contributed by atoms with E-state index in [4.69, 9.17) is 10.5 Å². The number of fused-ring (bicyclic) bond motifs is 1. The Morgan fingerprint density at radius 2 is 2.38 bits per heavy atom. The first kappa shape index (κ1) is 16.2. The molecule has 0 atom stereocenters. The van der Waals surface area contributed by atoms with Crippen molar-refractivity contribution in [3.63, 3.8) is 0 Å². The van der Waals surface area contributed by atoms with Gasteiger partial charge in [0.1, 0.15) is 5.75 Å². The number of hydrogen-bond donors (Lipinski definition) is 2. The van der Waals surface area contributed by atoms with Crippen LogP contribution in [0.25, 0.3) is 11.3 Å². The van der Waals surface area contributed by atoms with Crippen LogP contribution in [0.2, 0.25) is 0 Å². The van der Waals surface area contributed by atoms with Crippen molar-refractivity contribution < 1.29 is 14.3 Å². The smallest absolute Gasteiger partial charge is 0.265 e. The van der Waals surface area contributed by atoms with Crippen LogP contribution in [0.4, 0.5) is 10.8 Å². The summed E-state index contributed by atoms with van der Waals surface area (Å²) in [5.41, 5.74) is 7.49. The quantitative estimate of drug-likeness (QED) is 0.803. The second kappa shape index (κ2) is 6.81. The number of carbonyl (C=O) groups excluding carboxylic acids is 2. The van der Waals surface area contributed by atoms with E-state index >= 15 is 0 Å². The highest BCUT2D eigenvalue weighted by atomic mass is 32.1. The molecule has 124 valence electrons. The fourth-order valence-corrected chi connectivity index (χ4v) is 3.06. The van der Waals surface area contributed by atoms with Gasteiger partial charge in [0.25, 0.3) is 5.91 Å². The monoisotopic (exact) mass is 344 g/mol. The van der Waals surface area contributed by atoms with Gasteiger partial charge in [-0.05, 0) is 18.2 Å². The van der Waals surface area contributed by atoms with Crippen LogP contribution in [0.5, 0.6) is 5.75 Å². The largest absolute Gasteiger partial charge is 0.482 e. The Kier molecular flexibility index (Phi) is 4.59. The van der Waals surface area contributed by atoms with Gasteiger partial charge in [0.2, 0.25) is 5.91 Å². The van der Waals surface area contributed by atoms with E-state index in [1.165, 1.54) is 11.3 Å². The molecule has 3 N–H and O–H groups in total. The van der Waals surface area contributed by atoms with E-state index in [2.05, 4.69) is 16.9 Å². The number of ether oxygens (including phenoxy) is 1. The van der Waals surface area contributed by atoms with Crippen molar-refractivity contribution in [3.05, 3.63) is 36.2 Å². The van der Waals surface area contributed by atoms with Crippen molar-refractivity contribution >= 4 is 34.0 Å². The Bertz CT molecular complexity index is 802. The third-order valence-electron chi connectivity index (χ3n) is 3.45. The molecule has 0 unspecified atom stereocenters. The Balaban J connectivity index is 1.92. The normalized spacial score (nSPS) is 13.2. The van der Waals surface area contributed by atoms with Crippen molar-refractivity contribution in [2.75, 3.05) is 29.9 Å². The van der Waals surface area contributed by atoms with Gasteiger partial charge in [0.05, 0.1) is 17.9 Å². The minimum Gasteiger partial charge on any atom is -0.482 e. The fraction of sp³-hybridized carbons (Fsp3) is 0.188. The Hall–Kier alpha value is -2.71. The molecule has 2 heterocycles. The first-order valence-electron chi connectivity index (χ1n) is 7.26. The van der Waals surface area contributed by atoms with Crippen molar-refractivity contribution in [2.24, 2.45) is 5.73 Å². The Labute approximate surface area is 142 Å². The molecule has 24 heavy (non-hydrogen) atoms. The van der Waals surface area contributed by atoms with Gasteiger partial charge in [-0.1, -0.05) is 6.08 Å². The van der Waals surface area contributed by atoms with Gasteiger partial charge in [-0.15, -0.1) is 17.9 Å². The van der Waals surface area contributed by atoms with Gasteiger partial charge < -0.3 is 20.7 Å². The molecule has 0 saturated carbocycles. The van der Waals surface area contributed by atoms with Crippen LogP contribution in [-0.2, 0) is 9.59 Å². The summed E-state index contributed by atoms with van der Waals surface area (Å²) in [6.45, 7) is 4.02. The topological polar surface area (TPSA) is 97.5 Å². The first-order valence-corrected chi connectivity index (χ1v) is 8.14. The maximum absolute atomic E-state index is 12.0. The van der Waals surface area contributed by atoms with E-state index in [0.29, 0.717) is 28.8 Å². The summed E-state index contributed by atoms with van der Waals surface area (Å²) in [4.78, 5) is 29.4. The molecule has 7 nitrogen and oxygen atoms in total. The van der Waals surface area contributed by atoms with Crippen LogP contribution in [0.15, 0.2) is 36.2 Å². The van der Waals surface area contributed by atoms with Crippen LogP contribution >= 0.6 is 11.3 Å². The lowest BCUT2D eigenvalue weighted by Crippen LogP contribution is -2.38. The molecule has 0 bridgehead atoms. The number of nitrogens with one attached hydrogen (secondary N) is 1. The van der Waals surface area contributed by atoms with Crippen LogP contribution in [0.1, 0.15) is 0 Å². The van der Waals surface area contributed by atoms with Gasteiger partial charge in [-0.2, -0.15) is 0 Å². The zero-order chi connectivity index (χ0) is 17.1. The standard InChI is InChI=1S/C16H16N4O3S/c1-2-5-20-12-6-10(3-4-13(12)23-8-15(20)22)11-9-24-16(18-11)19-14(21)7-17/h2-4,6,9H,1,5,7-8,17H2,(H,18,19,21). The molecule has 0 spiro atoms. The van der Waals surface area contributed by atoms with Crippen LogP contribution < -0.4 is 20.7 Å². The van der Waals surface area contributed by atoms with Gasteiger partial charge in [-0.25, -0.2) is 4.98 Å². The zero-order valence-corrected chi connectivity index (χ0v) is 13.6. The number of nitrogens with zero attached hydrogens (tertiary/aromatic N) is 2. The molecular formula is C16H16N4O3S. The lowest BCUT2D eigenvalue weighted by Gasteiger charge is -2.28. The summed E-state index contributed by atoms with van der Waals surface area (Å²) in [7, 11) is 0. The average Bonchev–Trinajstić information content (AvgIpc) is 3.05. The molecule has 0 aliphatic carbocycles. The number of rotatable bonds is 5. The van der Waals surface area contributed by atoms with Gasteiger partial charge in [0, 0.05) is 17.5 Å². The fourth-order valence-electron chi connectivity index (χ4n) is 2.32. The predicted octanol–water partition coefficient (Wildman–Crippen LogP) is 1.62. The molecule has 1 aromatic heterocycles. The van der Waals surface area contributed by atoms with Gasteiger partial charge >= 0.3 is 0 Å². The highest BCUT2D eigenvalue weighted by molar-refractivity contribution is 7.14. The Morgan fingerprint density at radius 1 is 1.54 bits per heavy atom. The zero-order valence-electron chi connectivity index (χ0n) is 12.8. The summed E-state index contributed by atoms with van der Waals surface area (Å²) < 4.78 is 5.46. The number of aromatic nitrogens is 1. The second-order valence-electron chi connectivity index (χ2n) is 5.05. The SMILES string of the molecule is C=CCN1C(=O)COc2ccc(-c3csc(NC(=O)CN)n3)cc21. The molecule has 0 saturated heterocycles. The molecule has 0 fully saturated rings. The molecule has 0 radical (unpaired) electrons. The number of carbonyl (C=O) groups is 2. The number of amides is 2. The van der Waals surface area contributed by atoms with E-state index in [9.17, 15) is 9.59 Å². The highest BCUT2D eigenvalue weighted by Gasteiger charge is 2.25. The summed E-state index contributed by atoms with van der Waals surface area (Å²) in [6.07, 6.45) is 1.67. The van der Waals surface area contributed by atoms with Gasteiger partial charge in [0.15, 0.2) is 11.7 Å². The number of benzene rings is 1. The van der Waals surface area contributed by atoms with Crippen LogP contribution in [0.3, 0.4) is 0 Å². The van der Waals surface area contributed by atoms with Crippen molar-refractivity contribution in [1.82, 2.24) is 4.98 Å². The molecule has 2 amide bonds. The Morgan fingerprint density at radius 3 is 3.12 bits per heavy atom. The molecule has 8 heteroatoms. The third-order valence-corrected chi connectivity index (χ3v) is 4.20. The number of hydrogen-bond acceptors (Lipinski definition) is 6. The molecule has 1 aliphatic heterocycles. The highest BCUT2D eigenvalue weighted by Crippen LogP contribution is 2.36. The van der Waals surface area contributed by atoms with E-state index in [1.807, 2.05) is 23.6 Å². The number of thiazole rings is 1. The predicted molar refractivity (Wildman–Crippen MR) is 93.3 cm³/mol. The molecule has 3 rings (SSSR count). The van der Waals surface area contributed by atoms with E-state index < -0.39 is 0 Å². The second-order valence-corrected chi connectivity index (χ2v) is 5.91. The van der Waals surface area contributed by atoms with E-state index in [0.717, 1.165) is 5.56 Å². The molecule has 1 aromatic carbocycles. The average molecular weight is 344 g/mol. The van der Waals surface area contributed by atoms with Gasteiger partial charge in [-0.3, -0.25) is 9.59 Å². The first-order chi connectivity index (χ1) is 11.6. The lowest BCUT2D eigenvalue weighted by atomic mass is 10.1. The molecule has 1 aliphatic rings. The maximum atomic E-state index is 12.0. The lowest BCUT2D eigenvalue weighted by molar-refractivity contribution is -0.121. The molecular weight excluding hydrogens is 328 g/mol. The minimum absolute atomic E-state index is 0.0200. The minimum atomic E-state index is -0.294. The van der Waals surface area contributed by atoms with Crippen LogP contribution in [-0.4, -0.2) is 36.5 Å². The number of anilines is 2. The summed E-state index contributed by atoms with van der Waals surface area (Å²) in [5.74, 6) is 0.235. The summed E-state index contributed by atoms with van der Waals surface area (Å²) in [6, 6.07) is 5.52. The van der Waals surface area contributed by atoms with E-state index in [1.54, 1.807) is 11.0 Å². The van der Waals surface area contributed by atoms with Crippen molar-refractivity contribution in [3.8, 4) is 17.0 Å². The molecule has 2 aromatic rings.